The molecule has 0 bridgehead atoms. The number of thioether (sulfide) groups is 1. The van der Waals surface area contributed by atoms with Crippen LogP contribution in [0.4, 0.5) is 0 Å². The number of nitrogens with one attached hydrogen (secondary N) is 1. The van der Waals surface area contributed by atoms with E-state index in [-0.39, 0.29) is 0 Å². The lowest BCUT2D eigenvalue weighted by Crippen LogP contribution is -1.86. The molecule has 0 fully saturated rings. The fraction of sp³-hybridized carbons (Fsp3) is 0.143. The van der Waals surface area contributed by atoms with Crippen LogP contribution >= 0.6 is 23.1 Å². The molecule has 0 unspecified atom stereocenters. The summed E-state index contributed by atoms with van der Waals surface area (Å²) in [5.41, 5.74) is 2.64. The van der Waals surface area contributed by atoms with Crippen molar-refractivity contribution in [2.45, 2.75) is 17.8 Å². The predicted molar refractivity (Wildman–Crippen MR) is 80.4 cm³/mol. The van der Waals surface area contributed by atoms with Gasteiger partial charge in [0.1, 0.15) is 0 Å². The summed E-state index contributed by atoms with van der Waals surface area (Å²) in [5, 5.41) is 10.1. The maximum atomic E-state index is 4.50. The second-order valence-electron chi connectivity index (χ2n) is 4.16. The summed E-state index contributed by atoms with van der Waals surface area (Å²) in [6.07, 6.45) is 0. The van der Waals surface area contributed by atoms with Crippen LogP contribution in [0.1, 0.15) is 11.1 Å². The van der Waals surface area contributed by atoms with E-state index in [4.69, 9.17) is 0 Å². The number of aromatic amines is 1. The van der Waals surface area contributed by atoms with E-state index in [0.29, 0.717) is 0 Å². The van der Waals surface area contributed by atoms with E-state index in [0.717, 1.165) is 21.6 Å². The number of aromatic nitrogens is 3. The fourth-order valence-electron chi connectivity index (χ4n) is 1.75. The van der Waals surface area contributed by atoms with Crippen LogP contribution in [0.5, 0.6) is 0 Å². The molecule has 2 heterocycles. The molecule has 0 saturated heterocycles. The van der Waals surface area contributed by atoms with Gasteiger partial charge in [-0.2, -0.15) is 0 Å². The molecule has 19 heavy (non-hydrogen) atoms. The van der Waals surface area contributed by atoms with Gasteiger partial charge in [0, 0.05) is 5.75 Å². The highest BCUT2D eigenvalue weighted by molar-refractivity contribution is 7.98. The quantitative estimate of drug-likeness (QED) is 0.733. The Morgan fingerprint density at radius 1 is 1.21 bits per heavy atom. The second-order valence-corrected chi connectivity index (χ2v) is 6.05. The fourth-order valence-corrected chi connectivity index (χ4v) is 3.29. The summed E-state index contributed by atoms with van der Waals surface area (Å²) in [6.45, 7) is 2.13. The molecule has 0 radical (unpaired) electrons. The van der Waals surface area contributed by atoms with Gasteiger partial charge in [0.05, 0.1) is 4.88 Å². The number of nitrogens with zero attached hydrogens (tertiary/aromatic N) is 2. The number of hydrogen-bond acceptors (Lipinski definition) is 4. The molecule has 0 aliphatic heterocycles. The van der Waals surface area contributed by atoms with Crippen molar-refractivity contribution in [1.82, 2.24) is 15.2 Å². The van der Waals surface area contributed by atoms with Gasteiger partial charge in [-0.25, -0.2) is 4.98 Å². The van der Waals surface area contributed by atoms with Crippen LogP contribution in [0, 0.1) is 6.92 Å². The Balaban J connectivity index is 1.70. The van der Waals surface area contributed by atoms with E-state index in [9.17, 15) is 0 Å². The Morgan fingerprint density at radius 3 is 2.89 bits per heavy atom. The number of rotatable bonds is 4. The Bertz CT molecular complexity index is 659. The zero-order valence-corrected chi connectivity index (χ0v) is 12.1. The molecule has 0 aliphatic carbocycles. The first-order valence-corrected chi connectivity index (χ1v) is 7.83. The van der Waals surface area contributed by atoms with E-state index in [2.05, 4.69) is 46.4 Å². The Hall–Kier alpha value is -1.59. The standard InChI is InChI=1S/C14H13N3S2/c1-10-5-2-3-6-11(10)9-19-14-15-13(16-17-14)12-7-4-8-18-12/h2-8H,9H2,1H3,(H,15,16,17). The van der Waals surface area contributed by atoms with Gasteiger partial charge in [-0.3, -0.25) is 5.10 Å². The largest absolute Gasteiger partial charge is 0.257 e. The average Bonchev–Trinajstić information content (AvgIpc) is 3.09. The molecule has 1 N–H and O–H groups in total. The van der Waals surface area contributed by atoms with Gasteiger partial charge < -0.3 is 0 Å². The lowest BCUT2D eigenvalue weighted by Gasteiger charge is -2.02. The van der Waals surface area contributed by atoms with E-state index < -0.39 is 0 Å². The molecule has 0 amide bonds. The molecular formula is C14H13N3S2. The number of H-pyrrole nitrogens is 1. The van der Waals surface area contributed by atoms with Crippen molar-refractivity contribution in [3.05, 3.63) is 52.9 Å². The summed E-state index contributed by atoms with van der Waals surface area (Å²) in [6, 6.07) is 12.5. The van der Waals surface area contributed by atoms with Gasteiger partial charge in [0.15, 0.2) is 5.82 Å². The third kappa shape index (κ3) is 2.88. The highest BCUT2D eigenvalue weighted by Crippen LogP contribution is 2.25. The molecule has 96 valence electrons. The van der Waals surface area contributed by atoms with Crippen molar-refractivity contribution >= 4 is 23.1 Å². The van der Waals surface area contributed by atoms with Gasteiger partial charge in [-0.1, -0.05) is 42.1 Å². The molecule has 0 saturated carbocycles. The first-order chi connectivity index (χ1) is 9.33. The average molecular weight is 287 g/mol. The van der Waals surface area contributed by atoms with Gasteiger partial charge in [0.25, 0.3) is 0 Å². The molecule has 0 atom stereocenters. The molecule has 2 aromatic heterocycles. The number of thiophene rings is 1. The first kappa shape index (κ1) is 12.4. The first-order valence-electron chi connectivity index (χ1n) is 5.96. The number of benzene rings is 1. The highest BCUT2D eigenvalue weighted by atomic mass is 32.2. The highest BCUT2D eigenvalue weighted by Gasteiger charge is 2.07. The molecule has 0 aliphatic rings. The summed E-state index contributed by atoms with van der Waals surface area (Å²) >= 11 is 3.32. The normalized spacial score (nSPS) is 10.8. The topological polar surface area (TPSA) is 41.6 Å². The molecular weight excluding hydrogens is 274 g/mol. The lowest BCUT2D eigenvalue weighted by molar-refractivity contribution is 0.973. The summed E-state index contributed by atoms with van der Waals surface area (Å²) in [4.78, 5) is 5.62. The van der Waals surface area contributed by atoms with E-state index in [1.54, 1.807) is 23.1 Å². The van der Waals surface area contributed by atoms with Gasteiger partial charge >= 0.3 is 0 Å². The van der Waals surface area contributed by atoms with E-state index in [1.165, 1.54) is 11.1 Å². The minimum Gasteiger partial charge on any atom is -0.257 e. The van der Waals surface area contributed by atoms with Crippen molar-refractivity contribution in [2.24, 2.45) is 0 Å². The van der Waals surface area contributed by atoms with Crippen molar-refractivity contribution in [3.8, 4) is 10.7 Å². The van der Waals surface area contributed by atoms with Crippen LogP contribution < -0.4 is 0 Å². The van der Waals surface area contributed by atoms with Crippen LogP contribution in [0.15, 0.2) is 46.9 Å². The van der Waals surface area contributed by atoms with Crippen LogP contribution in [-0.2, 0) is 5.75 Å². The second kappa shape index (κ2) is 5.59. The number of aryl methyl sites for hydroxylation is 1. The molecule has 3 rings (SSSR count). The third-order valence-corrected chi connectivity index (χ3v) is 4.61. The van der Waals surface area contributed by atoms with Crippen molar-refractivity contribution in [2.75, 3.05) is 0 Å². The van der Waals surface area contributed by atoms with E-state index in [1.807, 2.05) is 17.5 Å². The van der Waals surface area contributed by atoms with Gasteiger partial charge in [-0.15, -0.1) is 16.4 Å². The maximum absolute atomic E-state index is 4.50. The SMILES string of the molecule is Cc1ccccc1CSc1n[nH]c(-c2cccs2)n1. The monoisotopic (exact) mass is 287 g/mol. The minimum absolute atomic E-state index is 0.798. The predicted octanol–water partition coefficient (Wildman–Crippen LogP) is 4.13. The summed E-state index contributed by atoms with van der Waals surface area (Å²) < 4.78 is 0. The smallest absolute Gasteiger partial charge is 0.209 e. The molecule has 0 spiro atoms. The van der Waals surface area contributed by atoms with Crippen LogP contribution in [0.2, 0.25) is 0 Å². The minimum atomic E-state index is 0.798. The molecule has 3 aromatic rings. The van der Waals surface area contributed by atoms with E-state index >= 15 is 0 Å². The van der Waals surface area contributed by atoms with Crippen molar-refractivity contribution in [3.63, 3.8) is 0 Å². The Labute approximate surface area is 120 Å². The Morgan fingerprint density at radius 2 is 2.11 bits per heavy atom. The summed E-state index contributed by atoms with van der Waals surface area (Å²) in [7, 11) is 0. The third-order valence-electron chi connectivity index (χ3n) is 2.84. The zero-order chi connectivity index (χ0) is 13.1. The van der Waals surface area contributed by atoms with Crippen molar-refractivity contribution < 1.29 is 0 Å². The zero-order valence-electron chi connectivity index (χ0n) is 10.5. The summed E-state index contributed by atoms with van der Waals surface area (Å²) in [5.74, 6) is 1.75. The lowest BCUT2D eigenvalue weighted by atomic mass is 10.1. The van der Waals surface area contributed by atoms with Crippen LogP contribution in [0.3, 0.4) is 0 Å². The number of hydrogen-bond donors (Lipinski definition) is 1. The van der Waals surface area contributed by atoms with Crippen LogP contribution in [-0.4, -0.2) is 15.2 Å². The van der Waals surface area contributed by atoms with Crippen LogP contribution in [0.25, 0.3) is 10.7 Å². The van der Waals surface area contributed by atoms with Crippen molar-refractivity contribution in [1.29, 1.82) is 0 Å². The Kier molecular flexibility index (Phi) is 3.66. The molecule has 1 aromatic carbocycles. The molecule has 3 nitrogen and oxygen atoms in total. The van der Waals surface area contributed by atoms with Gasteiger partial charge in [0.2, 0.25) is 5.16 Å². The maximum Gasteiger partial charge on any atom is 0.209 e. The molecule has 5 heteroatoms. The van der Waals surface area contributed by atoms with Gasteiger partial charge in [-0.05, 0) is 29.5 Å².